The third-order valence-corrected chi connectivity index (χ3v) is 4.89. The van der Waals surface area contributed by atoms with Crippen LogP contribution in [-0.4, -0.2) is 36.5 Å². The SMILES string of the molecule is CSCC(C)N(C)C(CN)c1ccc(Cl)s1. The smallest absolute Gasteiger partial charge is 0.0931 e. The highest BCUT2D eigenvalue weighted by atomic mass is 35.5. The lowest BCUT2D eigenvalue weighted by Crippen LogP contribution is -2.37. The maximum absolute atomic E-state index is 5.96. The number of rotatable bonds is 6. The topological polar surface area (TPSA) is 29.3 Å². The van der Waals surface area contributed by atoms with Crippen LogP contribution < -0.4 is 5.73 Å². The monoisotopic (exact) mass is 278 g/mol. The van der Waals surface area contributed by atoms with Crippen LogP contribution in [0.5, 0.6) is 0 Å². The third kappa shape index (κ3) is 3.64. The molecule has 0 bridgehead atoms. The van der Waals surface area contributed by atoms with Crippen molar-refractivity contribution in [2.75, 3.05) is 25.6 Å². The van der Waals surface area contributed by atoms with E-state index in [-0.39, 0.29) is 6.04 Å². The molecule has 0 aliphatic rings. The Morgan fingerprint density at radius 2 is 2.25 bits per heavy atom. The van der Waals surface area contributed by atoms with Gasteiger partial charge in [0.25, 0.3) is 0 Å². The van der Waals surface area contributed by atoms with Gasteiger partial charge in [-0.05, 0) is 32.4 Å². The Labute approximate surface area is 111 Å². The van der Waals surface area contributed by atoms with Crippen molar-refractivity contribution < 1.29 is 0 Å². The third-order valence-electron chi connectivity index (χ3n) is 2.74. The van der Waals surface area contributed by atoms with Crippen LogP contribution >= 0.6 is 34.7 Å². The average molecular weight is 279 g/mol. The standard InChI is InChI=1S/C11H19ClN2S2/c1-8(7-15-3)14(2)9(6-13)10-4-5-11(12)16-10/h4-5,8-9H,6-7,13H2,1-3H3. The fraction of sp³-hybridized carbons (Fsp3) is 0.636. The Morgan fingerprint density at radius 3 is 2.69 bits per heavy atom. The first-order chi connectivity index (χ1) is 7.60. The van der Waals surface area contributed by atoms with E-state index in [0.29, 0.717) is 12.6 Å². The van der Waals surface area contributed by atoms with E-state index in [1.165, 1.54) is 4.88 Å². The molecule has 16 heavy (non-hydrogen) atoms. The van der Waals surface area contributed by atoms with Gasteiger partial charge >= 0.3 is 0 Å². The van der Waals surface area contributed by atoms with Crippen LogP contribution in [0, 0.1) is 0 Å². The minimum Gasteiger partial charge on any atom is -0.329 e. The highest BCUT2D eigenvalue weighted by molar-refractivity contribution is 7.98. The molecule has 1 aromatic heterocycles. The Kier molecular flexibility index (Phi) is 6.15. The van der Waals surface area contributed by atoms with Gasteiger partial charge in [-0.1, -0.05) is 11.6 Å². The van der Waals surface area contributed by atoms with Crippen molar-refractivity contribution in [1.29, 1.82) is 0 Å². The fourth-order valence-electron chi connectivity index (χ4n) is 1.66. The summed E-state index contributed by atoms with van der Waals surface area (Å²) in [6.45, 7) is 2.86. The maximum atomic E-state index is 5.96. The van der Waals surface area contributed by atoms with E-state index in [1.807, 2.05) is 17.8 Å². The predicted molar refractivity (Wildman–Crippen MR) is 76.7 cm³/mol. The molecule has 0 amide bonds. The van der Waals surface area contributed by atoms with E-state index in [4.69, 9.17) is 17.3 Å². The first-order valence-electron chi connectivity index (χ1n) is 5.26. The zero-order valence-electron chi connectivity index (χ0n) is 9.94. The highest BCUT2D eigenvalue weighted by Gasteiger charge is 2.21. The molecule has 1 aromatic rings. The van der Waals surface area contributed by atoms with E-state index in [2.05, 4.69) is 31.2 Å². The van der Waals surface area contributed by atoms with Gasteiger partial charge in [0, 0.05) is 23.2 Å². The maximum Gasteiger partial charge on any atom is 0.0931 e. The van der Waals surface area contributed by atoms with Gasteiger partial charge in [-0.15, -0.1) is 11.3 Å². The lowest BCUT2D eigenvalue weighted by atomic mass is 10.2. The molecule has 1 heterocycles. The van der Waals surface area contributed by atoms with Crippen LogP contribution in [0.1, 0.15) is 17.8 Å². The van der Waals surface area contributed by atoms with Crippen LogP contribution in [0.15, 0.2) is 12.1 Å². The molecule has 0 aliphatic heterocycles. The van der Waals surface area contributed by atoms with E-state index < -0.39 is 0 Å². The fourth-order valence-corrected chi connectivity index (χ4v) is 3.60. The summed E-state index contributed by atoms with van der Waals surface area (Å²) < 4.78 is 0.833. The van der Waals surface area contributed by atoms with Gasteiger partial charge in [0.15, 0.2) is 0 Å². The lowest BCUT2D eigenvalue weighted by Gasteiger charge is -2.31. The Bertz CT molecular complexity index is 317. The van der Waals surface area contributed by atoms with Crippen LogP contribution in [0.4, 0.5) is 0 Å². The molecule has 0 saturated carbocycles. The summed E-state index contributed by atoms with van der Waals surface area (Å²) in [6, 6.07) is 4.81. The van der Waals surface area contributed by atoms with Crippen molar-refractivity contribution in [3.63, 3.8) is 0 Å². The van der Waals surface area contributed by atoms with Gasteiger partial charge < -0.3 is 5.73 Å². The molecule has 0 aromatic carbocycles. The molecule has 0 saturated heterocycles. The number of hydrogen-bond donors (Lipinski definition) is 1. The van der Waals surface area contributed by atoms with E-state index in [0.717, 1.165) is 10.1 Å². The molecule has 2 atom stereocenters. The lowest BCUT2D eigenvalue weighted by molar-refractivity contribution is 0.207. The van der Waals surface area contributed by atoms with Crippen molar-refractivity contribution in [3.8, 4) is 0 Å². The molecule has 2 unspecified atom stereocenters. The number of thioether (sulfide) groups is 1. The summed E-state index contributed by atoms with van der Waals surface area (Å²) in [7, 11) is 2.13. The number of hydrogen-bond acceptors (Lipinski definition) is 4. The molecule has 2 nitrogen and oxygen atoms in total. The minimum atomic E-state index is 0.277. The predicted octanol–water partition coefficient (Wildman–Crippen LogP) is 3.08. The summed E-state index contributed by atoms with van der Waals surface area (Å²) in [5, 5.41) is 0. The summed E-state index contributed by atoms with van der Waals surface area (Å²) in [5.41, 5.74) is 5.86. The summed E-state index contributed by atoms with van der Waals surface area (Å²) >= 11 is 9.44. The van der Waals surface area contributed by atoms with Crippen LogP contribution in [-0.2, 0) is 0 Å². The van der Waals surface area contributed by atoms with E-state index >= 15 is 0 Å². The molecule has 1 rings (SSSR count). The summed E-state index contributed by atoms with van der Waals surface area (Å²) in [4.78, 5) is 3.58. The summed E-state index contributed by atoms with van der Waals surface area (Å²) in [6.07, 6.45) is 2.13. The highest BCUT2D eigenvalue weighted by Crippen LogP contribution is 2.30. The Morgan fingerprint density at radius 1 is 1.56 bits per heavy atom. The summed E-state index contributed by atoms with van der Waals surface area (Å²) in [5.74, 6) is 1.12. The molecule has 5 heteroatoms. The van der Waals surface area contributed by atoms with Crippen LogP contribution in [0.3, 0.4) is 0 Å². The molecule has 92 valence electrons. The molecule has 0 spiro atoms. The van der Waals surface area contributed by atoms with Gasteiger partial charge in [-0.3, -0.25) is 4.90 Å². The van der Waals surface area contributed by atoms with Gasteiger partial charge in [0.05, 0.1) is 10.4 Å². The zero-order chi connectivity index (χ0) is 12.1. The second-order valence-corrected chi connectivity index (χ2v) is 6.52. The number of halogens is 1. The number of thiophene rings is 1. The normalized spacial score (nSPS) is 15.4. The minimum absolute atomic E-state index is 0.277. The first kappa shape index (κ1) is 14.3. The van der Waals surface area contributed by atoms with Gasteiger partial charge in [-0.2, -0.15) is 11.8 Å². The van der Waals surface area contributed by atoms with Crippen molar-refractivity contribution in [1.82, 2.24) is 4.90 Å². The number of likely N-dealkylation sites (N-methyl/N-ethyl adjacent to an activating group) is 1. The van der Waals surface area contributed by atoms with Crippen LogP contribution in [0.25, 0.3) is 0 Å². The van der Waals surface area contributed by atoms with Gasteiger partial charge in [-0.25, -0.2) is 0 Å². The molecule has 0 fully saturated rings. The second kappa shape index (κ2) is 6.87. The molecule has 2 N–H and O–H groups in total. The van der Waals surface area contributed by atoms with E-state index in [1.54, 1.807) is 11.3 Å². The molecule has 0 aliphatic carbocycles. The number of nitrogens with zero attached hydrogens (tertiary/aromatic N) is 1. The van der Waals surface area contributed by atoms with Crippen molar-refractivity contribution in [3.05, 3.63) is 21.3 Å². The largest absolute Gasteiger partial charge is 0.329 e. The van der Waals surface area contributed by atoms with Crippen molar-refractivity contribution >= 4 is 34.7 Å². The molecule has 0 radical (unpaired) electrons. The zero-order valence-corrected chi connectivity index (χ0v) is 12.3. The molecular weight excluding hydrogens is 260 g/mol. The van der Waals surface area contributed by atoms with Crippen molar-refractivity contribution in [2.24, 2.45) is 5.73 Å². The van der Waals surface area contributed by atoms with E-state index in [9.17, 15) is 0 Å². The van der Waals surface area contributed by atoms with Gasteiger partial charge in [0.1, 0.15) is 0 Å². The Hall–Kier alpha value is 0.260. The second-order valence-electron chi connectivity index (χ2n) is 3.86. The van der Waals surface area contributed by atoms with Gasteiger partial charge in [0.2, 0.25) is 0 Å². The number of nitrogens with two attached hydrogens (primary N) is 1. The van der Waals surface area contributed by atoms with Crippen LogP contribution in [0.2, 0.25) is 4.34 Å². The van der Waals surface area contributed by atoms with Crippen molar-refractivity contribution in [2.45, 2.75) is 19.0 Å². The molecular formula is C11H19ClN2S2. The average Bonchev–Trinajstić information content (AvgIpc) is 2.66. The first-order valence-corrected chi connectivity index (χ1v) is 7.85. The Balaban J connectivity index is 2.73. The quantitative estimate of drug-likeness (QED) is 0.867.